The number of methoxy groups -OCH3 is 1. The van der Waals surface area contributed by atoms with Gasteiger partial charge in [-0.1, -0.05) is 11.3 Å². The largest absolute Gasteiger partial charge is 0.497 e. The minimum absolute atomic E-state index is 0.125. The van der Waals surface area contributed by atoms with Crippen molar-refractivity contribution in [2.24, 2.45) is 0 Å². The third-order valence-electron chi connectivity index (χ3n) is 3.71. The van der Waals surface area contributed by atoms with Gasteiger partial charge in [0.1, 0.15) is 16.9 Å². The third kappa shape index (κ3) is 2.54. The number of benzene rings is 1. The zero-order valence-electron chi connectivity index (χ0n) is 13.2. The van der Waals surface area contributed by atoms with E-state index >= 15 is 0 Å². The average molecular weight is 356 g/mol. The first-order valence-corrected chi connectivity index (χ1v) is 8.11. The minimum atomic E-state index is -0.472. The Bertz CT molecular complexity index is 1170. The second-order valence-corrected chi connectivity index (χ2v) is 6.28. The zero-order valence-corrected chi connectivity index (χ0v) is 14.1. The number of nitrogens with zero attached hydrogens (tertiary/aromatic N) is 2. The maximum atomic E-state index is 12.7. The second kappa shape index (κ2) is 5.71. The maximum absolute atomic E-state index is 12.7. The molecule has 3 aromatic heterocycles. The molecule has 0 saturated heterocycles. The number of aromatic amines is 1. The first-order valence-electron chi connectivity index (χ1n) is 7.29. The molecular weight excluding hydrogens is 344 g/mol. The van der Waals surface area contributed by atoms with Crippen LogP contribution >= 0.6 is 11.3 Å². The zero-order chi connectivity index (χ0) is 17.6. The fourth-order valence-corrected chi connectivity index (χ4v) is 3.46. The molecule has 0 aliphatic heterocycles. The molecule has 1 amide bonds. The van der Waals surface area contributed by atoms with Crippen molar-refractivity contribution in [1.82, 2.24) is 15.0 Å². The number of aryl methyl sites for hydroxylation is 1. The van der Waals surface area contributed by atoms with Crippen molar-refractivity contribution in [2.75, 3.05) is 12.4 Å². The molecule has 0 unspecified atom stereocenters. The lowest BCUT2D eigenvalue weighted by molar-refractivity contribution is 0.102. The highest BCUT2D eigenvalue weighted by atomic mass is 32.1. The Morgan fingerprint density at radius 3 is 3.04 bits per heavy atom. The molecule has 8 nitrogen and oxygen atoms in total. The highest BCUT2D eigenvalue weighted by molar-refractivity contribution is 7.22. The topological polar surface area (TPSA) is 110 Å². The van der Waals surface area contributed by atoms with Crippen LogP contribution in [0.1, 0.15) is 16.1 Å². The van der Waals surface area contributed by atoms with E-state index in [-0.39, 0.29) is 16.7 Å². The van der Waals surface area contributed by atoms with Crippen molar-refractivity contribution in [3.05, 3.63) is 46.2 Å². The molecule has 4 rings (SSSR count). The molecule has 0 aliphatic carbocycles. The monoisotopic (exact) mass is 356 g/mol. The average Bonchev–Trinajstić information content (AvgIpc) is 3.14. The Labute approximate surface area is 144 Å². The van der Waals surface area contributed by atoms with E-state index in [1.54, 1.807) is 20.1 Å². The molecule has 0 saturated carbocycles. The predicted molar refractivity (Wildman–Crippen MR) is 93.5 cm³/mol. The van der Waals surface area contributed by atoms with Crippen LogP contribution in [-0.2, 0) is 0 Å². The Balaban J connectivity index is 1.73. The number of fused-ring (bicyclic) bond motifs is 2. The molecule has 0 radical (unpaired) electrons. The lowest BCUT2D eigenvalue weighted by Crippen LogP contribution is -2.16. The van der Waals surface area contributed by atoms with E-state index < -0.39 is 11.5 Å². The number of carbonyl (C=O) groups excluding carboxylic acids is 1. The van der Waals surface area contributed by atoms with Crippen molar-refractivity contribution < 1.29 is 13.9 Å². The van der Waals surface area contributed by atoms with E-state index in [4.69, 9.17) is 9.15 Å². The molecule has 2 N–H and O–H groups in total. The number of carbonyl (C=O) groups is 1. The van der Waals surface area contributed by atoms with Crippen LogP contribution in [0.3, 0.4) is 0 Å². The number of furan rings is 1. The number of hydrogen-bond donors (Lipinski definition) is 2. The van der Waals surface area contributed by atoms with Gasteiger partial charge in [-0.3, -0.25) is 14.9 Å². The summed E-state index contributed by atoms with van der Waals surface area (Å²) in [6.07, 6.45) is 1.23. The van der Waals surface area contributed by atoms with Crippen LogP contribution in [0.25, 0.3) is 21.3 Å². The first kappa shape index (κ1) is 15.3. The lowest BCUT2D eigenvalue weighted by atomic mass is 10.2. The summed E-state index contributed by atoms with van der Waals surface area (Å²) in [6, 6.07) is 5.45. The van der Waals surface area contributed by atoms with E-state index in [0.717, 1.165) is 10.2 Å². The van der Waals surface area contributed by atoms with Crippen LogP contribution in [-0.4, -0.2) is 28.0 Å². The van der Waals surface area contributed by atoms with Crippen LogP contribution in [0.4, 0.5) is 5.13 Å². The maximum Gasteiger partial charge on any atom is 0.262 e. The van der Waals surface area contributed by atoms with Gasteiger partial charge >= 0.3 is 0 Å². The number of H-pyrrole nitrogens is 1. The fraction of sp³-hybridized carbons (Fsp3) is 0.125. The lowest BCUT2D eigenvalue weighted by Gasteiger charge is -1.99. The number of aromatic nitrogens is 3. The van der Waals surface area contributed by atoms with Crippen LogP contribution < -0.4 is 15.6 Å². The summed E-state index contributed by atoms with van der Waals surface area (Å²) in [5.74, 6) is 0.559. The molecular formula is C16H12N4O4S. The summed E-state index contributed by atoms with van der Waals surface area (Å²) in [6.45, 7) is 1.61. The number of ether oxygens (including phenoxy) is 1. The molecule has 0 fully saturated rings. The molecule has 25 heavy (non-hydrogen) atoms. The molecule has 0 aliphatic rings. The number of nitrogens with one attached hydrogen (secondary N) is 2. The number of amides is 1. The van der Waals surface area contributed by atoms with Crippen LogP contribution in [0.2, 0.25) is 0 Å². The number of rotatable bonds is 3. The van der Waals surface area contributed by atoms with Crippen LogP contribution in [0, 0.1) is 6.92 Å². The molecule has 9 heteroatoms. The van der Waals surface area contributed by atoms with Gasteiger partial charge < -0.3 is 14.1 Å². The van der Waals surface area contributed by atoms with Gasteiger partial charge in [0.2, 0.25) is 5.71 Å². The number of thiazole rings is 1. The van der Waals surface area contributed by atoms with Gasteiger partial charge in [0, 0.05) is 0 Å². The summed E-state index contributed by atoms with van der Waals surface area (Å²) in [7, 11) is 1.59. The standard InChI is InChI=1S/C16H12N4O4S/c1-7-11(12-13(21)17-6-18-15(12)24-7)14(22)20-16-19-9-4-3-8(23-2)5-10(9)25-16/h3-6H,1-2H3,(H,17,18,21)(H,19,20,22). The van der Waals surface area contributed by atoms with E-state index in [0.29, 0.717) is 16.6 Å². The van der Waals surface area contributed by atoms with Crippen molar-refractivity contribution >= 4 is 43.7 Å². The Kier molecular flexibility index (Phi) is 3.50. The fourth-order valence-electron chi connectivity index (χ4n) is 2.57. The van der Waals surface area contributed by atoms with Crippen LogP contribution in [0.15, 0.2) is 33.7 Å². The smallest absolute Gasteiger partial charge is 0.262 e. The number of hydrogen-bond acceptors (Lipinski definition) is 7. The molecule has 4 aromatic rings. The molecule has 0 bridgehead atoms. The van der Waals surface area contributed by atoms with Gasteiger partial charge in [-0.05, 0) is 25.1 Å². The third-order valence-corrected chi connectivity index (χ3v) is 4.65. The molecule has 3 heterocycles. The highest BCUT2D eigenvalue weighted by Crippen LogP contribution is 2.30. The quantitative estimate of drug-likeness (QED) is 0.584. The van der Waals surface area contributed by atoms with Gasteiger partial charge in [0.15, 0.2) is 5.13 Å². The Hall–Kier alpha value is -3.20. The molecule has 126 valence electrons. The first-order chi connectivity index (χ1) is 12.1. The molecule has 1 aromatic carbocycles. The van der Waals surface area contributed by atoms with Crippen molar-refractivity contribution in [3.8, 4) is 5.75 Å². The summed E-state index contributed by atoms with van der Waals surface area (Å²) < 4.78 is 11.5. The SMILES string of the molecule is COc1ccc2nc(NC(=O)c3c(C)oc4nc[nH]c(=O)c34)sc2c1. The second-order valence-electron chi connectivity index (χ2n) is 5.25. The normalized spacial score (nSPS) is 11.1. The molecule has 0 atom stereocenters. The number of anilines is 1. The summed E-state index contributed by atoms with van der Waals surface area (Å²) in [5.41, 5.74) is 0.594. The highest BCUT2D eigenvalue weighted by Gasteiger charge is 2.22. The summed E-state index contributed by atoms with van der Waals surface area (Å²) >= 11 is 1.31. The van der Waals surface area contributed by atoms with E-state index in [1.165, 1.54) is 17.7 Å². The van der Waals surface area contributed by atoms with Gasteiger partial charge in [-0.25, -0.2) is 9.97 Å². The van der Waals surface area contributed by atoms with Crippen LogP contribution in [0.5, 0.6) is 5.75 Å². The minimum Gasteiger partial charge on any atom is -0.497 e. The van der Waals surface area contributed by atoms with Gasteiger partial charge in [-0.2, -0.15) is 0 Å². The van der Waals surface area contributed by atoms with Gasteiger partial charge in [0.05, 0.1) is 29.2 Å². The van der Waals surface area contributed by atoms with Crippen molar-refractivity contribution in [3.63, 3.8) is 0 Å². The van der Waals surface area contributed by atoms with E-state index in [1.807, 2.05) is 12.1 Å². The Morgan fingerprint density at radius 1 is 1.40 bits per heavy atom. The van der Waals surface area contributed by atoms with E-state index in [2.05, 4.69) is 20.3 Å². The van der Waals surface area contributed by atoms with E-state index in [9.17, 15) is 9.59 Å². The predicted octanol–water partition coefficient (Wildman–Crippen LogP) is 2.70. The van der Waals surface area contributed by atoms with Gasteiger partial charge in [0.25, 0.3) is 11.5 Å². The van der Waals surface area contributed by atoms with Gasteiger partial charge in [-0.15, -0.1) is 0 Å². The van der Waals surface area contributed by atoms with Crippen molar-refractivity contribution in [1.29, 1.82) is 0 Å². The summed E-state index contributed by atoms with van der Waals surface area (Å²) in [5, 5.41) is 3.26. The Morgan fingerprint density at radius 2 is 2.24 bits per heavy atom. The summed E-state index contributed by atoms with van der Waals surface area (Å²) in [4.78, 5) is 35.4. The molecule has 0 spiro atoms. The van der Waals surface area contributed by atoms with Crippen molar-refractivity contribution in [2.45, 2.75) is 6.92 Å².